The lowest BCUT2D eigenvalue weighted by atomic mass is 9.77. The van der Waals surface area contributed by atoms with Crippen molar-refractivity contribution in [2.24, 2.45) is 5.41 Å². The van der Waals surface area contributed by atoms with E-state index >= 15 is 0 Å². The van der Waals surface area contributed by atoms with Gasteiger partial charge in [-0.1, -0.05) is 12.1 Å². The highest BCUT2D eigenvalue weighted by Crippen LogP contribution is 2.48. The van der Waals surface area contributed by atoms with Crippen LogP contribution < -0.4 is 4.74 Å². The summed E-state index contributed by atoms with van der Waals surface area (Å²) in [5.74, 6) is -0.279. The van der Waals surface area contributed by atoms with Crippen molar-refractivity contribution >= 4 is 11.9 Å². The maximum atomic E-state index is 12.7. The molecule has 8 nitrogen and oxygen atoms in total. The molecule has 2 atom stereocenters. The van der Waals surface area contributed by atoms with Gasteiger partial charge in [0.1, 0.15) is 5.75 Å². The number of ether oxygens (including phenoxy) is 4. The molecule has 2 heterocycles. The first-order valence-electron chi connectivity index (χ1n) is 10.4. The van der Waals surface area contributed by atoms with Crippen molar-refractivity contribution in [3.05, 3.63) is 29.8 Å². The van der Waals surface area contributed by atoms with Gasteiger partial charge in [-0.2, -0.15) is 5.06 Å². The molecule has 30 heavy (non-hydrogen) atoms. The Morgan fingerprint density at radius 3 is 2.43 bits per heavy atom. The Balaban J connectivity index is 1.53. The van der Waals surface area contributed by atoms with E-state index in [9.17, 15) is 9.59 Å². The molecule has 0 aromatic heterocycles. The van der Waals surface area contributed by atoms with Crippen LogP contribution in [0.5, 0.6) is 5.75 Å². The number of nitrogens with zero attached hydrogens (tertiary/aromatic N) is 1. The molecule has 1 aromatic rings. The maximum absolute atomic E-state index is 12.7. The fourth-order valence-corrected chi connectivity index (χ4v) is 4.50. The predicted molar refractivity (Wildman–Crippen MR) is 108 cm³/mol. The number of rotatable bonds is 10. The minimum atomic E-state index is -1.33. The summed E-state index contributed by atoms with van der Waals surface area (Å²) < 4.78 is 20.9. The largest absolute Gasteiger partial charge is 0.497 e. The fraction of sp³-hybridized carbons (Fsp3) is 0.636. The van der Waals surface area contributed by atoms with Crippen molar-refractivity contribution in [1.82, 2.24) is 5.06 Å². The zero-order valence-corrected chi connectivity index (χ0v) is 17.9. The molecule has 0 N–H and O–H groups in total. The first kappa shape index (κ1) is 22.5. The lowest BCUT2D eigenvalue weighted by molar-refractivity contribution is -0.187. The van der Waals surface area contributed by atoms with Crippen LogP contribution in [0.15, 0.2) is 24.3 Å². The SMILES string of the molecule is COC(=O)C1(C(=O)OC)C[C@H]2CCON2[C@H]1CCCCOCc1ccc(OC)cc1. The zero-order chi connectivity index (χ0) is 21.6. The summed E-state index contributed by atoms with van der Waals surface area (Å²) in [6.07, 6.45) is 3.37. The van der Waals surface area contributed by atoms with Gasteiger partial charge >= 0.3 is 11.9 Å². The van der Waals surface area contributed by atoms with Gasteiger partial charge in [-0.25, -0.2) is 0 Å². The van der Waals surface area contributed by atoms with Gasteiger partial charge in [-0.3, -0.25) is 14.4 Å². The topological polar surface area (TPSA) is 83.5 Å². The van der Waals surface area contributed by atoms with Crippen molar-refractivity contribution in [2.75, 3.05) is 34.5 Å². The van der Waals surface area contributed by atoms with Crippen LogP contribution >= 0.6 is 0 Å². The number of fused-ring (bicyclic) bond motifs is 1. The number of esters is 2. The van der Waals surface area contributed by atoms with E-state index in [0.29, 0.717) is 32.7 Å². The van der Waals surface area contributed by atoms with Gasteiger partial charge in [0, 0.05) is 12.6 Å². The van der Waals surface area contributed by atoms with E-state index in [0.717, 1.165) is 30.6 Å². The van der Waals surface area contributed by atoms with Gasteiger partial charge in [-0.15, -0.1) is 0 Å². The van der Waals surface area contributed by atoms with Gasteiger partial charge in [-0.05, 0) is 49.8 Å². The number of carbonyl (C=O) groups excluding carboxylic acids is 2. The third-order valence-corrected chi connectivity index (χ3v) is 6.03. The molecular formula is C22H31NO7. The molecule has 3 rings (SSSR count). The molecule has 0 saturated carbocycles. The third kappa shape index (κ3) is 4.45. The van der Waals surface area contributed by atoms with Crippen LogP contribution in [0, 0.1) is 5.41 Å². The summed E-state index contributed by atoms with van der Waals surface area (Å²) >= 11 is 0. The Bertz CT molecular complexity index is 705. The number of carbonyl (C=O) groups is 2. The average molecular weight is 421 g/mol. The normalized spacial score (nSPS) is 22.5. The number of hydrogen-bond acceptors (Lipinski definition) is 8. The molecular weight excluding hydrogens is 390 g/mol. The van der Waals surface area contributed by atoms with E-state index in [1.54, 1.807) is 7.11 Å². The van der Waals surface area contributed by atoms with Crippen molar-refractivity contribution < 1.29 is 33.4 Å². The Kier molecular flexibility index (Phi) is 7.69. The monoisotopic (exact) mass is 421 g/mol. The molecule has 8 heteroatoms. The second kappa shape index (κ2) is 10.2. The van der Waals surface area contributed by atoms with Crippen LogP contribution in [-0.4, -0.2) is 63.6 Å². The molecule has 1 aromatic carbocycles. The summed E-state index contributed by atoms with van der Waals surface area (Å²) in [7, 11) is 4.25. The molecule has 2 saturated heterocycles. The van der Waals surface area contributed by atoms with Crippen LogP contribution in [0.3, 0.4) is 0 Å². The summed E-state index contributed by atoms with van der Waals surface area (Å²) in [4.78, 5) is 31.1. The minimum Gasteiger partial charge on any atom is -0.497 e. The van der Waals surface area contributed by atoms with Crippen LogP contribution in [0.4, 0.5) is 0 Å². The Labute approximate surface area is 177 Å². The highest BCUT2D eigenvalue weighted by molar-refractivity contribution is 6.01. The van der Waals surface area contributed by atoms with Crippen molar-refractivity contribution in [3.8, 4) is 5.75 Å². The smallest absolute Gasteiger partial charge is 0.325 e. The number of methoxy groups -OCH3 is 3. The summed E-state index contributed by atoms with van der Waals surface area (Å²) in [6, 6.07) is 7.40. The van der Waals surface area contributed by atoms with Crippen molar-refractivity contribution in [2.45, 2.75) is 50.8 Å². The fourth-order valence-electron chi connectivity index (χ4n) is 4.50. The van der Waals surface area contributed by atoms with E-state index in [2.05, 4.69) is 0 Å². The second-order valence-corrected chi connectivity index (χ2v) is 7.71. The molecule has 0 aliphatic carbocycles. The van der Waals surface area contributed by atoms with E-state index in [1.807, 2.05) is 29.3 Å². The Hall–Kier alpha value is -2.16. The molecule has 2 aliphatic rings. The van der Waals surface area contributed by atoms with E-state index < -0.39 is 23.4 Å². The highest BCUT2D eigenvalue weighted by atomic mass is 16.7. The molecule has 0 radical (unpaired) electrons. The zero-order valence-electron chi connectivity index (χ0n) is 17.9. The van der Waals surface area contributed by atoms with Gasteiger partial charge in [0.2, 0.25) is 0 Å². The maximum Gasteiger partial charge on any atom is 0.325 e. The Morgan fingerprint density at radius 1 is 1.10 bits per heavy atom. The van der Waals surface area contributed by atoms with E-state index in [-0.39, 0.29) is 6.04 Å². The van der Waals surface area contributed by atoms with Crippen LogP contribution in [0.2, 0.25) is 0 Å². The van der Waals surface area contributed by atoms with Crippen molar-refractivity contribution in [3.63, 3.8) is 0 Å². The van der Waals surface area contributed by atoms with E-state index in [4.69, 9.17) is 23.8 Å². The molecule has 0 amide bonds. The predicted octanol–water partition coefficient (Wildman–Crippen LogP) is 2.49. The number of hydroxylamine groups is 2. The molecule has 2 aliphatic heterocycles. The molecule has 166 valence electrons. The first-order chi connectivity index (χ1) is 14.6. The van der Waals surface area contributed by atoms with Gasteiger partial charge in [0.25, 0.3) is 0 Å². The number of hydrogen-bond donors (Lipinski definition) is 0. The standard InChI is InChI=1S/C22H31NO7/c1-26-18-9-7-16(8-10-18)15-29-12-5-4-6-19-22(20(24)27-2,21(25)28-3)14-17-11-13-30-23(17)19/h7-10,17,19H,4-6,11-15H2,1-3H3/t17-,19+/m1/s1. The number of unbranched alkanes of at least 4 members (excludes halogenated alkanes) is 1. The van der Waals surface area contributed by atoms with Crippen LogP contribution in [-0.2, 0) is 35.2 Å². The van der Waals surface area contributed by atoms with Crippen LogP contribution in [0.25, 0.3) is 0 Å². The molecule has 2 fully saturated rings. The summed E-state index contributed by atoms with van der Waals surface area (Å²) in [5, 5.41) is 1.83. The van der Waals surface area contributed by atoms with E-state index in [1.165, 1.54) is 14.2 Å². The third-order valence-electron chi connectivity index (χ3n) is 6.03. The summed E-state index contributed by atoms with van der Waals surface area (Å²) in [5.41, 5.74) is -0.256. The lowest BCUT2D eigenvalue weighted by Gasteiger charge is -2.32. The minimum absolute atomic E-state index is 0.0273. The van der Waals surface area contributed by atoms with Gasteiger partial charge < -0.3 is 18.9 Å². The van der Waals surface area contributed by atoms with Gasteiger partial charge in [0.15, 0.2) is 5.41 Å². The molecule has 0 unspecified atom stereocenters. The summed E-state index contributed by atoms with van der Waals surface area (Å²) in [6.45, 7) is 1.72. The first-order valence-corrected chi connectivity index (χ1v) is 10.4. The van der Waals surface area contributed by atoms with Crippen molar-refractivity contribution in [1.29, 1.82) is 0 Å². The Morgan fingerprint density at radius 2 is 1.80 bits per heavy atom. The second-order valence-electron chi connectivity index (χ2n) is 7.71. The molecule has 0 bridgehead atoms. The van der Waals surface area contributed by atoms with Gasteiger partial charge in [0.05, 0.1) is 40.6 Å². The average Bonchev–Trinajstić information content (AvgIpc) is 3.35. The molecule has 0 spiro atoms. The lowest BCUT2D eigenvalue weighted by Crippen LogP contribution is -2.50. The quantitative estimate of drug-likeness (QED) is 0.324. The number of benzene rings is 1. The highest BCUT2D eigenvalue weighted by Gasteiger charge is 2.64. The van der Waals surface area contributed by atoms with Crippen LogP contribution in [0.1, 0.15) is 37.7 Å².